The topological polar surface area (TPSA) is 17.1 Å². The summed E-state index contributed by atoms with van der Waals surface area (Å²) in [6.07, 6.45) is 3.82. The summed E-state index contributed by atoms with van der Waals surface area (Å²) < 4.78 is 1.40. The molecule has 1 aliphatic carbocycles. The Hall–Kier alpha value is -1.37. The number of carbonyl (C=O) groups is 1. The van der Waals surface area contributed by atoms with Crippen LogP contribution in [0.5, 0.6) is 0 Å². The Balaban J connectivity index is 1.76. The average molecular weight is 343 g/mol. The van der Waals surface area contributed by atoms with Crippen molar-refractivity contribution in [3.05, 3.63) is 66.2 Å². The van der Waals surface area contributed by atoms with E-state index in [-0.39, 0.29) is 5.41 Å². The minimum atomic E-state index is -0.100. The summed E-state index contributed by atoms with van der Waals surface area (Å²) in [5.74, 6) is 0.490. The van der Waals surface area contributed by atoms with Crippen LogP contribution in [-0.4, -0.2) is 20.7 Å². The minimum absolute atomic E-state index is 0.100. The Morgan fingerprint density at radius 2 is 1.62 bits per heavy atom. The average Bonchev–Trinajstić information content (AvgIpc) is 2.88. The van der Waals surface area contributed by atoms with Crippen LogP contribution in [0.3, 0.4) is 0 Å². The SMILES string of the molecule is O=C1CCCC1(C[Se]c1ccccc1)Cc1ccccc1. The van der Waals surface area contributed by atoms with Gasteiger partial charge in [-0.25, -0.2) is 0 Å². The van der Waals surface area contributed by atoms with Gasteiger partial charge in [-0.1, -0.05) is 0 Å². The summed E-state index contributed by atoms with van der Waals surface area (Å²) in [5.41, 5.74) is 1.20. The van der Waals surface area contributed by atoms with Gasteiger partial charge in [0, 0.05) is 0 Å². The molecule has 0 saturated heterocycles. The monoisotopic (exact) mass is 344 g/mol. The normalized spacial score (nSPS) is 21.6. The van der Waals surface area contributed by atoms with Crippen molar-refractivity contribution in [3.8, 4) is 0 Å². The molecule has 1 atom stereocenters. The standard InChI is InChI=1S/C19H20OSe/c20-18-12-7-13-19(18,14-16-8-3-1-4-9-16)15-21-17-10-5-2-6-11-17/h1-6,8-11H,7,12-15H2. The van der Waals surface area contributed by atoms with E-state index in [9.17, 15) is 4.79 Å². The fourth-order valence-electron chi connectivity index (χ4n) is 3.11. The van der Waals surface area contributed by atoms with Gasteiger partial charge in [-0.05, 0) is 0 Å². The van der Waals surface area contributed by atoms with Gasteiger partial charge in [-0.2, -0.15) is 0 Å². The van der Waals surface area contributed by atoms with Crippen molar-refractivity contribution in [2.24, 2.45) is 5.41 Å². The van der Waals surface area contributed by atoms with E-state index in [1.54, 1.807) is 0 Å². The van der Waals surface area contributed by atoms with Gasteiger partial charge in [0.05, 0.1) is 0 Å². The molecular weight excluding hydrogens is 323 g/mol. The number of carbonyl (C=O) groups excluding carboxylic acids is 1. The molecule has 0 radical (unpaired) electrons. The molecule has 3 rings (SSSR count). The maximum atomic E-state index is 12.5. The zero-order chi connectivity index (χ0) is 14.5. The molecule has 2 aromatic rings. The molecule has 21 heavy (non-hydrogen) atoms. The van der Waals surface area contributed by atoms with Crippen LogP contribution >= 0.6 is 0 Å². The summed E-state index contributed by atoms with van der Waals surface area (Å²) in [6, 6.07) is 21.1. The molecule has 2 aromatic carbocycles. The van der Waals surface area contributed by atoms with E-state index in [0.717, 1.165) is 31.0 Å². The second-order valence-electron chi connectivity index (χ2n) is 5.82. The van der Waals surface area contributed by atoms with Crippen molar-refractivity contribution in [3.63, 3.8) is 0 Å². The first-order valence-electron chi connectivity index (χ1n) is 7.54. The number of hydrogen-bond acceptors (Lipinski definition) is 1. The third-order valence-corrected chi connectivity index (χ3v) is 7.03. The van der Waals surface area contributed by atoms with Gasteiger partial charge in [-0.15, -0.1) is 0 Å². The molecule has 1 nitrogen and oxygen atoms in total. The Labute approximate surface area is 132 Å². The first kappa shape index (κ1) is 14.6. The van der Waals surface area contributed by atoms with Crippen molar-refractivity contribution in [1.82, 2.24) is 0 Å². The van der Waals surface area contributed by atoms with E-state index in [1.165, 1.54) is 10.0 Å². The Bertz CT molecular complexity index is 593. The number of rotatable bonds is 5. The molecule has 108 valence electrons. The molecule has 1 saturated carbocycles. The second-order valence-corrected chi connectivity index (χ2v) is 8.02. The summed E-state index contributed by atoms with van der Waals surface area (Å²) >= 11 is 0.385. The van der Waals surface area contributed by atoms with Crippen LogP contribution in [0, 0.1) is 5.41 Å². The zero-order valence-corrected chi connectivity index (χ0v) is 13.8. The van der Waals surface area contributed by atoms with Crippen LogP contribution in [-0.2, 0) is 11.2 Å². The molecule has 0 aliphatic heterocycles. The Morgan fingerprint density at radius 1 is 0.952 bits per heavy atom. The van der Waals surface area contributed by atoms with E-state index in [4.69, 9.17) is 0 Å². The molecule has 0 aromatic heterocycles. The summed E-state index contributed by atoms with van der Waals surface area (Å²) in [5, 5.41) is 1.04. The van der Waals surface area contributed by atoms with Crippen LogP contribution in [0.4, 0.5) is 0 Å². The quantitative estimate of drug-likeness (QED) is 0.761. The summed E-state index contributed by atoms with van der Waals surface area (Å²) in [4.78, 5) is 12.5. The molecule has 0 spiro atoms. The van der Waals surface area contributed by atoms with Gasteiger partial charge >= 0.3 is 133 Å². The van der Waals surface area contributed by atoms with Crippen LogP contribution in [0.2, 0.25) is 5.32 Å². The van der Waals surface area contributed by atoms with Crippen molar-refractivity contribution in [2.75, 3.05) is 0 Å². The van der Waals surface area contributed by atoms with Gasteiger partial charge in [0.1, 0.15) is 0 Å². The van der Waals surface area contributed by atoms with E-state index >= 15 is 0 Å². The molecule has 1 unspecified atom stereocenters. The summed E-state index contributed by atoms with van der Waals surface area (Å²) in [6.45, 7) is 0. The molecule has 0 heterocycles. The second kappa shape index (κ2) is 6.60. The van der Waals surface area contributed by atoms with Crippen molar-refractivity contribution >= 4 is 25.2 Å². The molecule has 0 N–H and O–H groups in total. The molecule has 2 heteroatoms. The predicted molar refractivity (Wildman–Crippen MR) is 88.1 cm³/mol. The molecule has 0 bridgehead atoms. The van der Waals surface area contributed by atoms with Crippen LogP contribution in [0.15, 0.2) is 60.7 Å². The third kappa shape index (κ3) is 3.45. The van der Waals surface area contributed by atoms with Crippen molar-refractivity contribution in [1.29, 1.82) is 0 Å². The number of Topliss-reactive ketones (excluding diaryl/α,β-unsaturated/α-hetero) is 1. The van der Waals surface area contributed by atoms with Crippen molar-refractivity contribution < 1.29 is 4.79 Å². The molecular formula is C19H20OSe. The maximum absolute atomic E-state index is 12.5. The van der Waals surface area contributed by atoms with Gasteiger partial charge in [-0.3, -0.25) is 0 Å². The van der Waals surface area contributed by atoms with Gasteiger partial charge in [0.2, 0.25) is 0 Å². The van der Waals surface area contributed by atoms with Gasteiger partial charge in [0.15, 0.2) is 0 Å². The van der Waals surface area contributed by atoms with Gasteiger partial charge in [0.25, 0.3) is 0 Å². The Morgan fingerprint density at radius 3 is 2.24 bits per heavy atom. The van der Waals surface area contributed by atoms with E-state index in [2.05, 4.69) is 54.6 Å². The number of ketones is 1. The predicted octanol–water partition coefficient (Wildman–Crippen LogP) is 3.42. The van der Waals surface area contributed by atoms with E-state index in [0.29, 0.717) is 20.7 Å². The fraction of sp³-hybridized carbons (Fsp3) is 0.316. The fourth-order valence-corrected chi connectivity index (χ4v) is 5.62. The van der Waals surface area contributed by atoms with Gasteiger partial charge < -0.3 is 0 Å². The van der Waals surface area contributed by atoms with E-state index < -0.39 is 0 Å². The Kier molecular flexibility index (Phi) is 4.57. The van der Waals surface area contributed by atoms with E-state index in [1.807, 2.05) is 6.07 Å². The van der Waals surface area contributed by atoms with Crippen LogP contribution < -0.4 is 4.46 Å². The summed E-state index contributed by atoms with van der Waals surface area (Å²) in [7, 11) is 0. The molecule has 1 fully saturated rings. The van der Waals surface area contributed by atoms with Crippen molar-refractivity contribution in [2.45, 2.75) is 31.0 Å². The third-order valence-electron chi connectivity index (χ3n) is 4.29. The zero-order valence-electron chi connectivity index (χ0n) is 12.1. The molecule has 0 amide bonds. The first-order valence-corrected chi connectivity index (χ1v) is 9.60. The first-order chi connectivity index (χ1) is 10.3. The van der Waals surface area contributed by atoms with Crippen LogP contribution in [0.1, 0.15) is 24.8 Å². The number of hydrogen-bond donors (Lipinski definition) is 0. The molecule has 1 aliphatic rings. The number of benzene rings is 2. The van der Waals surface area contributed by atoms with Crippen LogP contribution in [0.25, 0.3) is 0 Å².